The Morgan fingerprint density at radius 1 is 1.42 bits per heavy atom. The van der Waals surface area contributed by atoms with E-state index >= 15 is 0 Å². The average molecular weight is 261 g/mol. The molecule has 2 rings (SSSR count). The summed E-state index contributed by atoms with van der Waals surface area (Å²) < 4.78 is 18.9. The number of ether oxygens (including phenoxy) is 1. The number of aryl methyl sites for hydroxylation is 1. The van der Waals surface area contributed by atoms with E-state index in [-0.39, 0.29) is 17.9 Å². The van der Waals surface area contributed by atoms with E-state index in [2.05, 4.69) is 4.98 Å². The number of carboxylic acids is 1. The monoisotopic (exact) mass is 261 g/mol. The zero-order valence-electron chi connectivity index (χ0n) is 10.3. The van der Waals surface area contributed by atoms with Crippen LogP contribution in [0.4, 0.5) is 4.39 Å². The van der Waals surface area contributed by atoms with E-state index in [0.29, 0.717) is 5.69 Å². The first-order chi connectivity index (χ1) is 9.08. The quantitative estimate of drug-likeness (QED) is 0.919. The van der Waals surface area contributed by atoms with Gasteiger partial charge < -0.3 is 9.84 Å². The lowest BCUT2D eigenvalue weighted by atomic mass is 10.2. The van der Waals surface area contributed by atoms with E-state index in [1.165, 1.54) is 12.1 Å². The van der Waals surface area contributed by atoms with Gasteiger partial charge in [0.2, 0.25) is 0 Å². The minimum atomic E-state index is -1.17. The summed E-state index contributed by atoms with van der Waals surface area (Å²) in [4.78, 5) is 14.8. The van der Waals surface area contributed by atoms with Crippen LogP contribution < -0.4 is 4.74 Å². The van der Waals surface area contributed by atoms with E-state index in [9.17, 15) is 9.18 Å². The number of rotatable bonds is 4. The van der Waals surface area contributed by atoms with Gasteiger partial charge in [-0.2, -0.15) is 0 Å². The van der Waals surface area contributed by atoms with Crippen molar-refractivity contribution in [3.05, 3.63) is 59.2 Å². The Bertz CT molecular complexity index is 613. The molecule has 2 aromatic rings. The number of nitrogens with zero attached hydrogens (tertiary/aromatic N) is 1. The molecule has 5 heteroatoms. The second kappa shape index (κ2) is 5.48. The Morgan fingerprint density at radius 2 is 2.21 bits per heavy atom. The molecular weight excluding hydrogens is 249 g/mol. The van der Waals surface area contributed by atoms with Crippen molar-refractivity contribution in [1.29, 1.82) is 0 Å². The van der Waals surface area contributed by atoms with E-state index in [1.807, 2.05) is 13.0 Å². The first-order valence-corrected chi connectivity index (χ1v) is 5.64. The first kappa shape index (κ1) is 13.0. The van der Waals surface area contributed by atoms with E-state index < -0.39 is 11.8 Å². The third-order valence-corrected chi connectivity index (χ3v) is 2.66. The van der Waals surface area contributed by atoms with Gasteiger partial charge in [0.1, 0.15) is 6.61 Å². The maximum absolute atomic E-state index is 13.6. The van der Waals surface area contributed by atoms with Gasteiger partial charge in [0.05, 0.1) is 11.3 Å². The predicted molar refractivity (Wildman–Crippen MR) is 66.7 cm³/mol. The van der Waals surface area contributed by atoms with Crippen LogP contribution in [0, 0.1) is 12.7 Å². The molecule has 0 spiro atoms. The largest absolute Gasteiger partial charge is 0.484 e. The zero-order valence-corrected chi connectivity index (χ0v) is 10.3. The molecule has 0 aliphatic heterocycles. The summed E-state index contributed by atoms with van der Waals surface area (Å²) in [6.45, 7) is 2.02. The number of aromatic carboxylic acids is 1. The third kappa shape index (κ3) is 3.07. The molecule has 1 N–H and O–H groups in total. The van der Waals surface area contributed by atoms with Crippen LogP contribution in [0.15, 0.2) is 36.5 Å². The Morgan fingerprint density at radius 3 is 2.84 bits per heavy atom. The number of carbonyl (C=O) groups is 1. The standard InChI is InChI=1S/C14H12FNO3/c1-9-3-2-6-16-12(9)8-19-13-5-4-10(14(17)18)7-11(13)15/h2-7H,8H2,1H3,(H,17,18). The number of halogens is 1. The van der Waals surface area contributed by atoms with Gasteiger partial charge in [0.15, 0.2) is 11.6 Å². The van der Waals surface area contributed by atoms with E-state index in [4.69, 9.17) is 9.84 Å². The van der Waals surface area contributed by atoms with Gasteiger partial charge in [-0.25, -0.2) is 9.18 Å². The summed E-state index contributed by atoms with van der Waals surface area (Å²) in [6.07, 6.45) is 1.63. The van der Waals surface area contributed by atoms with Crippen LogP contribution in [0.5, 0.6) is 5.75 Å². The van der Waals surface area contributed by atoms with Gasteiger partial charge in [-0.1, -0.05) is 6.07 Å². The molecule has 0 radical (unpaired) electrons. The van der Waals surface area contributed by atoms with Crippen molar-refractivity contribution in [2.45, 2.75) is 13.5 Å². The lowest BCUT2D eigenvalue weighted by Gasteiger charge is -2.08. The molecule has 0 aliphatic carbocycles. The fourth-order valence-electron chi connectivity index (χ4n) is 1.57. The van der Waals surface area contributed by atoms with Crippen LogP contribution in [0.25, 0.3) is 0 Å². The fraction of sp³-hybridized carbons (Fsp3) is 0.143. The molecule has 98 valence electrons. The van der Waals surface area contributed by atoms with Gasteiger partial charge in [0, 0.05) is 6.20 Å². The predicted octanol–water partition coefficient (Wildman–Crippen LogP) is 2.81. The van der Waals surface area contributed by atoms with Crippen molar-refractivity contribution in [3.8, 4) is 5.75 Å². The molecule has 1 aromatic heterocycles. The summed E-state index contributed by atoms with van der Waals surface area (Å²) in [6, 6.07) is 7.22. The first-order valence-electron chi connectivity index (χ1n) is 5.64. The molecule has 0 unspecified atom stereocenters. The Hall–Kier alpha value is -2.43. The number of carboxylic acid groups (broad SMARTS) is 1. The fourth-order valence-corrected chi connectivity index (χ4v) is 1.57. The van der Waals surface area contributed by atoms with Crippen molar-refractivity contribution in [2.75, 3.05) is 0 Å². The summed E-state index contributed by atoms with van der Waals surface area (Å²) >= 11 is 0. The lowest BCUT2D eigenvalue weighted by molar-refractivity contribution is 0.0696. The molecule has 0 saturated carbocycles. The topological polar surface area (TPSA) is 59.4 Å². The third-order valence-electron chi connectivity index (χ3n) is 2.66. The summed E-state index contributed by atoms with van der Waals surface area (Å²) in [5, 5.41) is 8.73. The van der Waals surface area contributed by atoms with Crippen molar-refractivity contribution in [3.63, 3.8) is 0 Å². The lowest BCUT2D eigenvalue weighted by Crippen LogP contribution is -2.03. The molecule has 0 bridgehead atoms. The molecular formula is C14H12FNO3. The van der Waals surface area contributed by atoms with Crippen molar-refractivity contribution >= 4 is 5.97 Å². The number of aromatic nitrogens is 1. The summed E-state index contributed by atoms with van der Waals surface area (Å²) in [7, 11) is 0. The minimum absolute atomic E-state index is 0.00931. The minimum Gasteiger partial charge on any atom is -0.484 e. The SMILES string of the molecule is Cc1cccnc1COc1ccc(C(=O)O)cc1F. The number of hydrogen-bond donors (Lipinski definition) is 1. The smallest absolute Gasteiger partial charge is 0.335 e. The van der Waals surface area contributed by atoms with E-state index in [1.54, 1.807) is 12.3 Å². The molecule has 0 amide bonds. The molecule has 1 heterocycles. The summed E-state index contributed by atoms with van der Waals surface area (Å²) in [5.74, 6) is -1.87. The van der Waals surface area contributed by atoms with Crippen LogP contribution in [0.3, 0.4) is 0 Å². The normalized spacial score (nSPS) is 10.2. The number of pyridine rings is 1. The van der Waals surface area contributed by atoms with Gasteiger partial charge in [0.25, 0.3) is 0 Å². The highest BCUT2D eigenvalue weighted by atomic mass is 19.1. The van der Waals surface area contributed by atoms with Crippen LogP contribution in [0.2, 0.25) is 0 Å². The Kier molecular flexibility index (Phi) is 3.75. The van der Waals surface area contributed by atoms with Crippen LogP contribution in [0.1, 0.15) is 21.6 Å². The molecule has 0 saturated heterocycles. The molecule has 0 atom stereocenters. The average Bonchev–Trinajstić information content (AvgIpc) is 2.39. The maximum atomic E-state index is 13.6. The highest BCUT2D eigenvalue weighted by Gasteiger charge is 2.10. The van der Waals surface area contributed by atoms with Gasteiger partial charge >= 0.3 is 5.97 Å². The van der Waals surface area contributed by atoms with Crippen molar-refractivity contribution in [2.24, 2.45) is 0 Å². The van der Waals surface area contributed by atoms with Crippen LogP contribution in [-0.2, 0) is 6.61 Å². The number of hydrogen-bond acceptors (Lipinski definition) is 3. The zero-order chi connectivity index (χ0) is 13.8. The molecule has 19 heavy (non-hydrogen) atoms. The molecule has 4 nitrogen and oxygen atoms in total. The summed E-state index contributed by atoms with van der Waals surface area (Å²) in [5.41, 5.74) is 1.55. The second-order valence-electron chi connectivity index (χ2n) is 4.01. The highest BCUT2D eigenvalue weighted by molar-refractivity contribution is 5.87. The highest BCUT2D eigenvalue weighted by Crippen LogP contribution is 2.20. The molecule has 1 aromatic carbocycles. The van der Waals surface area contributed by atoms with Gasteiger partial charge in [-0.05, 0) is 36.8 Å². The van der Waals surface area contributed by atoms with Crippen molar-refractivity contribution in [1.82, 2.24) is 4.98 Å². The van der Waals surface area contributed by atoms with Gasteiger partial charge in [-0.3, -0.25) is 4.98 Å². The Balaban J connectivity index is 2.12. The van der Waals surface area contributed by atoms with Gasteiger partial charge in [-0.15, -0.1) is 0 Å². The second-order valence-corrected chi connectivity index (χ2v) is 4.01. The van der Waals surface area contributed by atoms with Crippen molar-refractivity contribution < 1.29 is 19.0 Å². The van der Waals surface area contributed by atoms with Crippen LogP contribution in [-0.4, -0.2) is 16.1 Å². The van der Waals surface area contributed by atoms with Crippen LogP contribution >= 0.6 is 0 Å². The molecule has 0 fully saturated rings. The Labute approximate surface area is 109 Å². The number of benzene rings is 1. The molecule has 0 aliphatic rings. The maximum Gasteiger partial charge on any atom is 0.335 e. The van der Waals surface area contributed by atoms with E-state index in [0.717, 1.165) is 11.6 Å².